The van der Waals surface area contributed by atoms with E-state index in [4.69, 9.17) is 5.84 Å². The summed E-state index contributed by atoms with van der Waals surface area (Å²) in [6, 6.07) is -0.278. The lowest BCUT2D eigenvalue weighted by molar-refractivity contribution is -0.124. The van der Waals surface area contributed by atoms with Gasteiger partial charge >= 0.3 is 0 Å². The van der Waals surface area contributed by atoms with Crippen LogP contribution in [0.4, 0.5) is 0 Å². The average molecular weight is 222 g/mol. The van der Waals surface area contributed by atoms with Gasteiger partial charge in [0.25, 0.3) is 5.91 Å². The normalized spacial score (nSPS) is 16.7. The number of carbonyl (C=O) groups is 1. The van der Waals surface area contributed by atoms with Crippen LogP contribution in [-0.4, -0.2) is 15.5 Å². The predicted octanol–water partition coefficient (Wildman–Crippen LogP) is 0.621. The fourth-order valence-electron chi connectivity index (χ4n) is 2.45. The van der Waals surface area contributed by atoms with E-state index in [1.165, 1.54) is 18.5 Å². The van der Waals surface area contributed by atoms with Crippen molar-refractivity contribution >= 4 is 5.91 Å². The highest BCUT2D eigenvalue weighted by Gasteiger charge is 2.24. The third-order valence-corrected chi connectivity index (χ3v) is 3.26. The van der Waals surface area contributed by atoms with E-state index in [2.05, 4.69) is 10.4 Å². The quantitative estimate of drug-likeness (QED) is 0.438. The summed E-state index contributed by atoms with van der Waals surface area (Å²) in [5, 5.41) is 0. The summed E-state index contributed by atoms with van der Waals surface area (Å²) in [7, 11) is 0. The van der Waals surface area contributed by atoms with Crippen molar-refractivity contribution in [3.8, 4) is 0 Å². The molecule has 1 atom stereocenters. The number of imidazole rings is 1. The van der Waals surface area contributed by atoms with Gasteiger partial charge in [0.1, 0.15) is 11.9 Å². The molecule has 5 heteroatoms. The minimum Gasteiger partial charge on any atom is -0.320 e. The summed E-state index contributed by atoms with van der Waals surface area (Å²) >= 11 is 0. The largest absolute Gasteiger partial charge is 0.320 e. The number of hydrazine groups is 1. The first-order chi connectivity index (χ1) is 7.65. The van der Waals surface area contributed by atoms with Crippen molar-refractivity contribution in [2.75, 3.05) is 0 Å². The van der Waals surface area contributed by atoms with E-state index in [0.29, 0.717) is 0 Å². The molecule has 0 bridgehead atoms. The Morgan fingerprint density at radius 3 is 2.88 bits per heavy atom. The third kappa shape index (κ3) is 1.71. The number of nitrogens with one attached hydrogen (secondary N) is 1. The first-order valence-corrected chi connectivity index (χ1v) is 5.72. The molecule has 16 heavy (non-hydrogen) atoms. The van der Waals surface area contributed by atoms with Gasteiger partial charge < -0.3 is 4.57 Å². The Morgan fingerprint density at radius 1 is 1.50 bits per heavy atom. The van der Waals surface area contributed by atoms with Crippen LogP contribution < -0.4 is 11.3 Å². The predicted molar refractivity (Wildman–Crippen MR) is 60.6 cm³/mol. The first-order valence-electron chi connectivity index (χ1n) is 5.72. The van der Waals surface area contributed by atoms with Gasteiger partial charge in [-0.1, -0.05) is 0 Å². The summed E-state index contributed by atoms with van der Waals surface area (Å²) in [5.74, 6) is 5.91. The molecular weight excluding hydrogens is 204 g/mol. The lowest BCUT2D eigenvalue weighted by atomic mass is 10.0. The summed E-state index contributed by atoms with van der Waals surface area (Å²) < 4.78 is 2.01. The van der Waals surface area contributed by atoms with E-state index < -0.39 is 0 Å². The number of amides is 1. The number of nitrogens with zero attached hydrogens (tertiary/aromatic N) is 2. The minimum atomic E-state index is -0.278. The maximum Gasteiger partial charge on any atom is 0.256 e. The van der Waals surface area contributed by atoms with Gasteiger partial charge in [0, 0.05) is 5.69 Å². The van der Waals surface area contributed by atoms with Crippen LogP contribution in [0.2, 0.25) is 0 Å². The average Bonchev–Trinajstić information content (AvgIpc) is 2.63. The molecular formula is C11H18N4O. The number of hydrogen-bond acceptors (Lipinski definition) is 3. The van der Waals surface area contributed by atoms with Crippen LogP contribution in [0.5, 0.6) is 0 Å². The SMILES string of the molecule is Cc1nc2c(n1C(C)C(=O)NN)CCCC2. The zero-order valence-corrected chi connectivity index (χ0v) is 9.79. The van der Waals surface area contributed by atoms with E-state index >= 15 is 0 Å². The molecule has 0 aliphatic heterocycles. The van der Waals surface area contributed by atoms with Crippen molar-refractivity contribution in [1.82, 2.24) is 15.0 Å². The van der Waals surface area contributed by atoms with Crippen LogP contribution in [0.3, 0.4) is 0 Å². The van der Waals surface area contributed by atoms with Crippen molar-refractivity contribution in [1.29, 1.82) is 0 Å². The van der Waals surface area contributed by atoms with Gasteiger partial charge in [-0.05, 0) is 39.5 Å². The van der Waals surface area contributed by atoms with E-state index in [-0.39, 0.29) is 11.9 Å². The zero-order chi connectivity index (χ0) is 11.7. The molecule has 1 amide bonds. The lowest BCUT2D eigenvalue weighted by Gasteiger charge is -2.19. The molecule has 0 fully saturated rings. The topological polar surface area (TPSA) is 72.9 Å². The van der Waals surface area contributed by atoms with E-state index in [1.54, 1.807) is 0 Å². The highest BCUT2D eigenvalue weighted by atomic mass is 16.2. The number of fused-ring (bicyclic) bond motifs is 1. The molecule has 0 radical (unpaired) electrons. The van der Waals surface area contributed by atoms with Crippen molar-refractivity contribution in [2.45, 2.75) is 45.6 Å². The molecule has 0 saturated heterocycles. The maximum absolute atomic E-state index is 11.6. The molecule has 88 valence electrons. The second kappa shape index (κ2) is 4.25. The smallest absolute Gasteiger partial charge is 0.256 e. The van der Waals surface area contributed by atoms with Gasteiger partial charge in [0.05, 0.1) is 5.69 Å². The van der Waals surface area contributed by atoms with Gasteiger partial charge in [0.15, 0.2) is 0 Å². The lowest BCUT2D eigenvalue weighted by Crippen LogP contribution is -2.36. The molecule has 5 nitrogen and oxygen atoms in total. The van der Waals surface area contributed by atoms with Gasteiger partial charge in [-0.3, -0.25) is 10.2 Å². The Hall–Kier alpha value is -1.36. The fourth-order valence-corrected chi connectivity index (χ4v) is 2.45. The molecule has 1 aliphatic rings. The van der Waals surface area contributed by atoms with Gasteiger partial charge in [-0.2, -0.15) is 0 Å². The Bertz CT molecular complexity index is 410. The molecule has 0 saturated carbocycles. The number of nitrogens with two attached hydrogens (primary N) is 1. The standard InChI is InChI=1S/C11H18N4O/c1-7(11(16)14-12)15-8(2)13-9-5-3-4-6-10(9)15/h7H,3-6,12H2,1-2H3,(H,14,16). The molecule has 1 aromatic rings. The number of carbonyl (C=O) groups excluding carboxylic acids is 1. The molecule has 3 N–H and O–H groups in total. The molecule has 1 heterocycles. The van der Waals surface area contributed by atoms with Crippen molar-refractivity contribution in [3.05, 3.63) is 17.2 Å². The summed E-state index contributed by atoms with van der Waals surface area (Å²) in [5.41, 5.74) is 4.56. The zero-order valence-electron chi connectivity index (χ0n) is 9.79. The third-order valence-electron chi connectivity index (χ3n) is 3.26. The van der Waals surface area contributed by atoms with Gasteiger partial charge in [-0.25, -0.2) is 10.8 Å². The minimum absolute atomic E-state index is 0.172. The second-order valence-electron chi connectivity index (χ2n) is 4.31. The van der Waals surface area contributed by atoms with Crippen LogP contribution >= 0.6 is 0 Å². The van der Waals surface area contributed by atoms with Crippen molar-refractivity contribution in [2.24, 2.45) is 5.84 Å². The molecule has 1 aliphatic carbocycles. The first kappa shape index (κ1) is 11.1. The van der Waals surface area contributed by atoms with Crippen LogP contribution in [0.1, 0.15) is 43.0 Å². The van der Waals surface area contributed by atoms with Crippen LogP contribution in [-0.2, 0) is 17.6 Å². The number of aromatic nitrogens is 2. The Balaban J connectivity index is 2.39. The molecule has 1 unspecified atom stereocenters. The highest BCUT2D eigenvalue weighted by molar-refractivity contribution is 5.79. The van der Waals surface area contributed by atoms with Crippen LogP contribution in [0.25, 0.3) is 0 Å². The van der Waals surface area contributed by atoms with Crippen LogP contribution in [0.15, 0.2) is 0 Å². The monoisotopic (exact) mass is 222 g/mol. The van der Waals surface area contributed by atoms with Crippen LogP contribution in [0, 0.1) is 6.92 Å². The number of aryl methyl sites for hydroxylation is 2. The van der Waals surface area contributed by atoms with Crippen molar-refractivity contribution in [3.63, 3.8) is 0 Å². The van der Waals surface area contributed by atoms with Crippen molar-refractivity contribution < 1.29 is 4.79 Å². The number of rotatable bonds is 2. The Morgan fingerprint density at radius 2 is 2.19 bits per heavy atom. The summed E-state index contributed by atoms with van der Waals surface area (Å²) in [6.07, 6.45) is 4.41. The Kier molecular flexibility index (Phi) is 2.96. The maximum atomic E-state index is 11.6. The Labute approximate surface area is 95.0 Å². The molecule has 0 aromatic carbocycles. The molecule has 0 spiro atoms. The number of hydrogen-bond donors (Lipinski definition) is 2. The molecule has 1 aromatic heterocycles. The van der Waals surface area contributed by atoms with E-state index in [0.717, 1.165) is 24.4 Å². The fraction of sp³-hybridized carbons (Fsp3) is 0.636. The van der Waals surface area contributed by atoms with Gasteiger partial charge in [-0.15, -0.1) is 0 Å². The van der Waals surface area contributed by atoms with E-state index in [9.17, 15) is 4.79 Å². The summed E-state index contributed by atoms with van der Waals surface area (Å²) in [4.78, 5) is 16.1. The molecule has 2 rings (SSSR count). The highest BCUT2D eigenvalue weighted by Crippen LogP contribution is 2.25. The van der Waals surface area contributed by atoms with E-state index in [1.807, 2.05) is 18.4 Å². The summed E-state index contributed by atoms with van der Waals surface area (Å²) in [6.45, 7) is 3.80. The van der Waals surface area contributed by atoms with Gasteiger partial charge in [0.2, 0.25) is 0 Å². The second-order valence-corrected chi connectivity index (χ2v) is 4.31.